The minimum absolute atomic E-state index is 0.00632. The Hall–Kier alpha value is -2.44. The summed E-state index contributed by atoms with van der Waals surface area (Å²) in [6.07, 6.45) is 0.293. The number of nitrogens with zero attached hydrogens (tertiary/aromatic N) is 4. The first kappa shape index (κ1) is 19.9. The lowest BCUT2D eigenvalue weighted by molar-refractivity contribution is -0.131. The van der Waals surface area contributed by atoms with E-state index in [1.165, 1.54) is 6.92 Å². The molecule has 0 saturated heterocycles. The Morgan fingerprint density at radius 3 is 2.42 bits per heavy atom. The molecule has 7 nitrogen and oxygen atoms in total. The zero-order valence-electron chi connectivity index (χ0n) is 16.7. The van der Waals surface area contributed by atoms with Crippen molar-refractivity contribution in [3.63, 3.8) is 0 Å². The predicted molar refractivity (Wildman–Crippen MR) is 98.1 cm³/mol. The van der Waals surface area contributed by atoms with Gasteiger partial charge in [-0.25, -0.2) is 0 Å². The van der Waals surface area contributed by atoms with Crippen molar-refractivity contribution in [3.8, 4) is 0 Å². The van der Waals surface area contributed by atoms with Crippen molar-refractivity contribution in [1.29, 1.82) is 0 Å². The highest BCUT2D eigenvalue weighted by Crippen LogP contribution is 2.21. The van der Waals surface area contributed by atoms with Gasteiger partial charge in [0.25, 0.3) is 0 Å². The number of ketones is 1. The Kier molecular flexibility index (Phi) is 6.00. The molecule has 0 aliphatic heterocycles. The first-order valence-corrected chi connectivity index (χ1v) is 8.87. The van der Waals surface area contributed by atoms with Crippen LogP contribution < -0.4 is 0 Å². The molecule has 2 aromatic rings. The third kappa shape index (κ3) is 4.20. The summed E-state index contributed by atoms with van der Waals surface area (Å²) in [7, 11) is 1.74. The number of aryl methyl sites for hydroxylation is 1. The van der Waals surface area contributed by atoms with E-state index in [1.54, 1.807) is 16.6 Å². The molecule has 0 aliphatic carbocycles. The van der Waals surface area contributed by atoms with Gasteiger partial charge in [0, 0.05) is 25.2 Å². The molecule has 2 aromatic heterocycles. The molecule has 0 aliphatic rings. The fourth-order valence-corrected chi connectivity index (χ4v) is 3.09. The molecular formula is C19H28N4O3. The minimum atomic E-state index is -0.141. The Morgan fingerprint density at radius 1 is 1.27 bits per heavy atom. The predicted octanol–water partition coefficient (Wildman–Crippen LogP) is 3.42. The molecule has 0 fully saturated rings. The van der Waals surface area contributed by atoms with E-state index in [4.69, 9.17) is 4.52 Å². The average molecular weight is 360 g/mol. The number of aromatic nitrogens is 3. The van der Waals surface area contributed by atoms with Gasteiger partial charge in [-0.3, -0.25) is 14.3 Å². The summed E-state index contributed by atoms with van der Waals surface area (Å²) in [6.45, 7) is 11.6. The maximum atomic E-state index is 12.6. The summed E-state index contributed by atoms with van der Waals surface area (Å²) in [5.74, 6) is 0.933. The Morgan fingerprint density at radius 2 is 1.92 bits per heavy atom. The Labute approximate surface area is 154 Å². The van der Waals surface area contributed by atoms with Gasteiger partial charge in [0.05, 0.1) is 29.5 Å². The van der Waals surface area contributed by atoms with Crippen LogP contribution in [0.1, 0.15) is 79.3 Å². The molecule has 0 N–H and O–H groups in total. The van der Waals surface area contributed by atoms with E-state index in [-0.39, 0.29) is 23.7 Å². The molecule has 1 atom stereocenters. The van der Waals surface area contributed by atoms with Crippen LogP contribution in [-0.4, -0.2) is 38.6 Å². The second-order valence-corrected chi connectivity index (χ2v) is 7.22. The number of carbonyl (C=O) groups is 2. The van der Waals surface area contributed by atoms with Crippen LogP contribution in [0.4, 0.5) is 0 Å². The average Bonchev–Trinajstić information content (AvgIpc) is 3.11. The van der Waals surface area contributed by atoms with Crippen LogP contribution in [0.5, 0.6) is 0 Å². The van der Waals surface area contributed by atoms with Crippen molar-refractivity contribution < 1.29 is 14.1 Å². The lowest BCUT2D eigenvalue weighted by atomic mass is 10.1. The molecule has 26 heavy (non-hydrogen) atoms. The molecule has 0 radical (unpaired) electrons. The van der Waals surface area contributed by atoms with Crippen LogP contribution in [-0.2, 0) is 11.3 Å². The maximum Gasteiger partial charge on any atom is 0.224 e. The number of carbonyl (C=O) groups excluding carboxylic acids is 2. The van der Waals surface area contributed by atoms with E-state index >= 15 is 0 Å². The van der Waals surface area contributed by atoms with Gasteiger partial charge in [-0.1, -0.05) is 19.0 Å². The van der Waals surface area contributed by atoms with Gasteiger partial charge >= 0.3 is 0 Å². The van der Waals surface area contributed by atoms with Gasteiger partial charge in [0.15, 0.2) is 11.5 Å². The smallest absolute Gasteiger partial charge is 0.224 e. The van der Waals surface area contributed by atoms with Crippen molar-refractivity contribution >= 4 is 11.7 Å². The molecule has 0 spiro atoms. The summed E-state index contributed by atoms with van der Waals surface area (Å²) in [5, 5.41) is 8.47. The van der Waals surface area contributed by atoms with E-state index in [2.05, 4.69) is 10.3 Å². The molecular weight excluding hydrogens is 332 g/mol. The number of amides is 1. The van der Waals surface area contributed by atoms with Crippen molar-refractivity contribution in [2.45, 2.75) is 66.5 Å². The summed E-state index contributed by atoms with van der Waals surface area (Å²) in [4.78, 5) is 25.9. The largest absolute Gasteiger partial charge is 0.359 e. The van der Waals surface area contributed by atoms with Crippen molar-refractivity contribution in [3.05, 3.63) is 34.5 Å². The summed E-state index contributed by atoms with van der Waals surface area (Å²) in [6, 6.07) is 1.75. The zero-order chi connectivity index (χ0) is 19.6. The van der Waals surface area contributed by atoms with Crippen LogP contribution >= 0.6 is 0 Å². The molecule has 0 unspecified atom stereocenters. The zero-order valence-corrected chi connectivity index (χ0v) is 16.7. The molecule has 2 heterocycles. The van der Waals surface area contributed by atoms with Crippen LogP contribution in [0.2, 0.25) is 0 Å². The van der Waals surface area contributed by atoms with Crippen molar-refractivity contribution in [2.75, 3.05) is 7.05 Å². The lowest BCUT2D eigenvalue weighted by Gasteiger charge is -2.19. The molecule has 0 aromatic carbocycles. The summed E-state index contributed by atoms with van der Waals surface area (Å²) < 4.78 is 7.07. The number of Topliss-reactive ketones (excluding diaryl/α,β-unsaturated/α-hetero) is 1. The second-order valence-electron chi connectivity index (χ2n) is 7.22. The standard InChI is InChI=1S/C19H28N4O3/c1-11(2)17-9-16(26-21-17)10-22(7)18(25)8-12(3)23-14(5)19(15(6)24)13(4)20-23/h9,11-12H,8,10H2,1-7H3/t12-/m0/s1. The van der Waals surface area contributed by atoms with Crippen molar-refractivity contribution in [2.24, 2.45) is 0 Å². The first-order chi connectivity index (χ1) is 12.1. The van der Waals surface area contributed by atoms with E-state index in [9.17, 15) is 9.59 Å². The molecule has 142 valence electrons. The van der Waals surface area contributed by atoms with E-state index in [1.807, 2.05) is 40.7 Å². The Bertz CT molecular complexity index is 804. The first-order valence-electron chi connectivity index (χ1n) is 8.87. The highest BCUT2D eigenvalue weighted by Gasteiger charge is 2.22. The highest BCUT2D eigenvalue weighted by molar-refractivity contribution is 5.96. The van der Waals surface area contributed by atoms with Gasteiger partial charge in [-0.05, 0) is 33.6 Å². The van der Waals surface area contributed by atoms with Gasteiger partial charge in [-0.2, -0.15) is 5.10 Å². The topological polar surface area (TPSA) is 81.2 Å². The Balaban J connectivity index is 2.04. The monoisotopic (exact) mass is 360 g/mol. The van der Waals surface area contributed by atoms with E-state index in [0.29, 0.717) is 30.0 Å². The van der Waals surface area contributed by atoms with E-state index in [0.717, 1.165) is 11.4 Å². The molecule has 0 bridgehead atoms. The van der Waals surface area contributed by atoms with Gasteiger partial charge in [0.1, 0.15) is 0 Å². The van der Waals surface area contributed by atoms with Gasteiger partial charge < -0.3 is 9.42 Å². The van der Waals surface area contributed by atoms with Crippen molar-refractivity contribution in [1.82, 2.24) is 19.8 Å². The molecule has 2 rings (SSSR count). The maximum absolute atomic E-state index is 12.6. The number of hydrogen-bond donors (Lipinski definition) is 0. The summed E-state index contributed by atoms with van der Waals surface area (Å²) >= 11 is 0. The minimum Gasteiger partial charge on any atom is -0.359 e. The molecule has 0 saturated carbocycles. The van der Waals surface area contributed by atoms with Gasteiger partial charge in [0.2, 0.25) is 5.91 Å². The number of hydrogen-bond acceptors (Lipinski definition) is 5. The van der Waals surface area contributed by atoms with E-state index < -0.39 is 0 Å². The summed E-state index contributed by atoms with van der Waals surface area (Å²) in [5.41, 5.74) is 3.02. The second kappa shape index (κ2) is 7.85. The number of rotatable bonds is 7. The lowest BCUT2D eigenvalue weighted by Crippen LogP contribution is -2.28. The normalized spacial score (nSPS) is 12.5. The quantitative estimate of drug-likeness (QED) is 0.707. The van der Waals surface area contributed by atoms with Crippen LogP contribution in [0.25, 0.3) is 0 Å². The molecule has 7 heteroatoms. The van der Waals surface area contributed by atoms with Gasteiger partial charge in [-0.15, -0.1) is 0 Å². The van der Waals surface area contributed by atoms with Crippen LogP contribution in [0.3, 0.4) is 0 Å². The third-order valence-corrected chi connectivity index (χ3v) is 4.55. The highest BCUT2D eigenvalue weighted by atomic mass is 16.5. The third-order valence-electron chi connectivity index (χ3n) is 4.55. The molecule has 1 amide bonds. The fourth-order valence-electron chi connectivity index (χ4n) is 3.09. The SMILES string of the molecule is CC(=O)c1c(C)nn([C@@H](C)CC(=O)N(C)Cc2cc(C(C)C)no2)c1C. The van der Waals surface area contributed by atoms with Crippen LogP contribution in [0.15, 0.2) is 10.6 Å². The van der Waals surface area contributed by atoms with Crippen LogP contribution in [0, 0.1) is 13.8 Å². The fraction of sp³-hybridized carbons (Fsp3) is 0.579.